The number of carbonyl (C=O) groups is 2. The second kappa shape index (κ2) is 9.76. The summed E-state index contributed by atoms with van der Waals surface area (Å²) in [6, 6.07) is 11.9. The van der Waals surface area contributed by atoms with Gasteiger partial charge in [-0.1, -0.05) is 49.7 Å². The van der Waals surface area contributed by atoms with Gasteiger partial charge in [0, 0.05) is 18.7 Å². The van der Waals surface area contributed by atoms with Crippen LogP contribution in [0.4, 0.5) is 0 Å². The Kier molecular flexibility index (Phi) is 7.26. The summed E-state index contributed by atoms with van der Waals surface area (Å²) < 4.78 is 5.17. The molecule has 0 saturated carbocycles. The Labute approximate surface area is 194 Å². The van der Waals surface area contributed by atoms with E-state index in [-0.39, 0.29) is 11.3 Å². The number of hydrogen-bond acceptors (Lipinski definition) is 5. The fourth-order valence-corrected chi connectivity index (χ4v) is 4.06. The van der Waals surface area contributed by atoms with Gasteiger partial charge in [-0.25, -0.2) is 0 Å². The average Bonchev–Trinajstić information content (AvgIpc) is 3.01. The van der Waals surface area contributed by atoms with Gasteiger partial charge in [0.05, 0.1) is 23.7 Å². The zero-order valence-electron chi connectivity index (χ0n) is 19.1. The highest BCUT2D eigenvalue weighted by Crippen LogP contribution is 2.40. The number of rotatable bonds is 7. The molecule has 32 heavy (non-hydrogen) atoms. The van der Waals surface area contributed by atoms with E-state index in [1.807, 2.05) is 43.3 Å². The first-order chi connectivity index (χ1) is 15.1. The molecule has 0 radical (unpaired) electrons. The van der Waals surface area contributed by atoms with Gasteiger partial charge in [-0.05, 0) is 49.3 Å². The Balaban J connectivity index is 2.14. The highest BCUT2D eigenvalue weighted by molar-refractivity contribution is 6.46. The SMILES string of the molecule is COc1ccc(/C(O)=C2\C(=O)C(=O)N(CCN(C)C)[C@H]2c2ccc(C(C)C)cc2)cc1Cl. The number of carbonyl (C=O) groups excluding carboxylic acids is 2. The number of hydrogen-bond donors (Lipinski definition) is 1. The number of methoxy groups -OCH3 is 1. The summed E-state index contributed by atoms with van der Waals surface area (Å²) >= 11 is 6.23. The third-order valence-corrected chi connectivity index (χ3v) is 5.97. The lowest BCUT2D eigenvalue weighted by molar-refractivity contribution is -0.140. The lowest BCUT2D eigenvalue weighted by atomic mass is 9.93. The van der Waals surface area contributed by atoms with Crippen LogP contribution in [0.1, 0.15) is 42.5 Å². The number of ketones is 1. The van der Waals surface area contributed by atoms with Gasteiger partial charge in [0.15, 0.2) is 0 Å². The Morgan fingerprint density at radius 1 is 1.16 bits per heavy atom. The second-order valence-electron chi connectivity index (χ2n) is 8.47. The van der Waals surface area contributed by atoms with Crippen molar-refractivity contribution in [3.8, 4) is 5.75 Å². The first kappa shape index (κ1) is 23.8. The number of aliphatic hydroxyl groups is 1. The molecular weight excluding hydrogens is 428 g/mol. The highest BCUT2D eigenvalue weighted by atomic mass is 35.5. The van der Waals surface area contributed by atoms with Gasteiger partial charge in [-0.2, -0.15) is 0 Å². The Bertz CT molecular complexity index is 1040. The molecule has 0 unspecified atom stereocenters. The zero-order valence-corrected chi connectivity index (χ0v) is 19.8. The van der Waals surface area contributed by atoms with E-state index in [0.29, 0.717) is 35.3 Å². The summed E-state index contributed by atoms with van der Waals surface area (Å²) in [6.45, 7) is 5.15. The largest absolute Gasteiger partial charge is 0.507 e. The number of aliphatic hydroxyl groups excluding tert-OH is 1. The molecule has 0 aromatic heterocycles. The molecule has 1 fully saturated rings. The molecule has 1 heterocycles. The van der Waals surface area contributed by atoms with Crippen LogP contribution in [-0.4, -0.2) is 60.9 Å². The number of amides is 1. The van der Waals surface area contributed by atoms with E-state index >= 15 is 0 Å². The molecule has 1 N–H and O–H groups in total. The zero-order chi connectivity index (χ0) is 23.6. The van der Waals surface area contributed by atoms with E-state index in [1.54, 1.807) is 12.1 Å². The quantitative estimate of drug-likeness (QED) is 0.378. The number of nitrogens with zero attached hydrogens (tertiary/aromatic N) is 2. The first-order valence-electron chi connectivity index (χ1n) is 10.5. The van der Waals surface area contributed by atoms with E-state index < -0.39 is 17.7 Å². The molecule has 0 aliphatic carbocycles. The summed E-state index contributed by atoms with van der Waals surface area (Å²) in [5, 5.41) is 11.4. The van der Waals surface area contributed by atoms with Crippen LogP contribution in [0.2, 0.25) is 5.02 Å². The summed E-state index contributed by atoms with van der Waals surface area (Å²) in [5.74, 6) is -0.767. The maximum absolute atomic E-state index is 13.1. The topological polar surface area (TPSA) is 70.1 Å². The maximum Gasteiger partial charge on any atom is 0.295 e. The number of Topliss-reactive ketones (excluding diaryl/α,β-unsaturated/α-hetero) is 1. The number of likely N-dealkylation sites (N-methyl/N-ethyl adjacent to an activating group) is 1. The van der Waals surface area contributed by atoms with E-state index in [4.69, 9.17) is 16.3 Å². The third kappa shape index (κ3) is 4.66. The molecule has 3 rings (SSSR count). The van der Waals surface area contributed by atoms with Gasteiger partial charge in [0.2, 0.25) is 0 Å². The van der Waals surface area contributed by atoms with E-state index in [9.17, 15) is 14.7 Å². The van der Waals surface area contributed by atoms with Crippen molar-refractivity contribution in [3.63, 3.8) is 0 Å². The molecule has 7 heteroatoms. The molecule has 6 nitrogen and oxygen atoms in total. The van der Waals surface area contributed by atoms with Crippen molar-refractivity contribution in [2.24, 2.45) is 0 Å². The van der Waals surface area contributed by atoms with Crippen molar-refractivity contribution in [2.75, 3.05) is 34.3 Å². The van der Waals surface area contributed by atoms with Crippen LogP contribution in [0.3, 0.4) is 0 Å². The lowest BCUT2D eigenvalue weighted by Gasteiger charge is -2.27. The van der Waals surface area contributed by atoms with Crippen LogP contribution in [-0.2, 0) is 9.59 Å². The smallest absolute Gasteiger partial charge is 0.295 e. The molecule has 1 amide bonds. The second-order valence-corrected chi connectivity index (χ2v) is 8.87. The molecule has 1 atom stereocenters. The minimum absolute atomic E-state index is 0.0623. The van der Waals surface area contributed by atoms with Crippen LogP contribution >= 0.6 is 11.6 Å². The van der Waals surface area contributed by atoms with Gasteiger partial charge < -0.3 is 19.6 Å². The van der Waals surface area contributed by atoms with Crippen molar-refractivity contribution in [1.82, 2.24) is 9.80 Å². The molecule has 2 aromatic rings. The van der Waals surface area contributed by atoms with Crippen LogP contribution < -0.4 is 4.74 Å². The fraction of sp³-hybridized carbons (Fsp3) is 0.360. The van der Waals surface area contributed by atoms with E-state index in [1.165, 1.54) is 18.1 Å². The Hall–Kier alpha value is -2.83. The highest BCUT2D eigenvalue weighted by Gasteiger charge is 2.45. The van der Waals surface area contributed by atoms with E-state index in [0.717, 1.165) is 11.1 Å². The standard InChI is InChI=1S/C25H29ClN2O4/c1-15(2)16-6-8-17(9-7-16)22-21(24(30)25(31)28(22)13-12-27(3)4)23(29)18-10-11-20(32-5)19(26)14-18/h6-11,14-15,22,29H,12-13H2,1-5H3/b23-21+/t22-/m0/s1. The maximum atomic E-state index is 13.1. The van der Waals surface area contributed by atoms with Crippen LogP contribution in [0.5, 0.6) is 5.75 Å². The first-order valence-corrected chi connectivity index (χ1v) is 10.9. The van der Waals surface area contributed by atoms with Crippen molar-refractivity contribution in [2.45, 2.75) is 25.8 Å². The van der Waals surface area contributed by atoms with E-state index in [2.05, 4.69) is 13.8 Å². The minimum atomic E-state index is -0.703. The average molecular weight is 457 g/mol. The van der Waals surface area contributed by atoms with Gasteiger partial charge in [-0.15, -0.1) is 0 Å². The summed E-state index contributed by atoms with van der Waals surface area (Å²) in [4.78, 5) is 29.5. The van der Waals surface area contributed by atoms with Crippen molar-refractivity contribution < 1.29 is 19.4 Å². The Morgan fingerprint density at radius 2 is 1.81 bits per heavy atom. The molecular formula is C25H29ClN2O4. The molecule has 170 valence electrons. The monoisotopic (exact) mass is 456 g/mol. The lowest BCUT2D eigenvalue weighted by Crippen LogP contribution is -2.35. The normalized spacial score (nSPS) is 18.1. The van der Waals surface area contributed by atoms with Crippen molar-refractivity contribution >= 4 is 29.1 Å². The number of halogens is 1. The molecule has 1 aliphatic heterocycles. The predicted octanol–water partition coefficient (Wildman–Crippen LogP) is 4.46. The summed E-state index contributed by atoms with van der Waals surface area (Å²) in [5.41, 5.74) is 2.34. The number of likely N-dealkylation sites (tertiary alicyclic amines) is 1. The van der Waals surface area contributed by atoms with Gasteiger partial charge >= 0.3 is 0 Å². The molecule has 2 aromatic carbocycles. The predicted molar refractivity (Wildman–Crippen MR) is 126 cm³/mol. The van der Waals surface area contributed by atoms with Crippen LogP contribution in [0, 0.1) is 0 Å². The number of benzene rings is 2. The summed E-state index contributed by atoms with van der Waals surface area (Å²) in [7, 11) is 5.31. The van der Waals surface area contributed by atoms with Crippen LogP contribution in [0.25, 0.3) is 5.76 Å². The minimum Gasteiger partial charge on any atom is -0.507 e. The molecule has 0 spiro atoms. The molecule has 0 bridgehead atoms. The third-order valence-electron chi connectivity index (χ3n) is 5.67. The fourth-order valence-electron chi connectivity index (χ4n) is 3.80. The summed E-state index contributed by atoms with van der Waals surface area (Å²) in [6.07, 6.45) is 0. The molecule has 1 aliphatic rings. The van der Waals surface area contributed by atoms with Gasteiger partial charge in [-0.3, -0.25) is 9.59 Å². The van der Waals surface area contributed by atoms with Crippen LogP contribution in [0.15, 0.2) is 48.0 Å². The number of ether oxygens (including phenoxy) is 1. The van der Waals surface area contributed by atoms with Gasteiger partial charge in [0.25, 0.3) is 11.7 Å². The molecule has 1 saturated heterocycles. The van der Waals surface area contributed by atoms with Gasteiger partial charge in [0.1, 0.15) is 11.5 Å². The van der Waals surface area contributed by atoms with Crippen molar-refractivity contribution in [3.05, 3.63) is 69.8 Å². The Morgan fingerprint density at radius 3 is 2.34 bits per heavy atom. The van der Waals surface area contributed by atoms with Crippen molar-refractivity contribution in [1.29, 1.82) is 0 Å².